The second-order valence-corrected chi connectivity index (χ2v) is 8.23. The van der Waals surface area contributed by atoms with Gasteiger partial charge in [-0.15, -0.1) is 0 Å². The number of aromatic nitrogens is 3. The van der Waals surface area contributed by atoms with Gasteiger partial charge >= 0.3 is 0 Å². The lowest BCUT2D eigenvalue weighted by Crippen LogP contribution is -2.36. The summed E-state index contributed by atoms with van der Waals surface area (Å²) in [6.07, 6.45) is 13.2. The van der Waals surface area contributed by atoms with Gasteiger partial charge in [0.15, 0.2) is 5.69 Å². The van der Waals surface area contributed by atoms with E-state index in [-0.39, 0.29) is 11.9 Å². The molecule has 1 unspecified atom stereocenters. The van der Waals surface area contributed by atoms with Crippen LogP contribution < -0.4 is 5.32 Å². The molecule has 0 radical (unpaired) electrons. The van der Waals surface area contributed by atoms with Gasteiger partial charge in [-0.05, 0) is 61.3 Å². The van der Waals surface area contributed by atoms with E-state index in [1.54, 1.807) is 6.21 Å². The number of aliphatic imine (C=N–C) groups is 1. The van der Waals surface area contributed by atoms with Gasteiger partial charge in [0, 0.05) is 36.1 Å². The number of piperidine rings is 1. The van der Waals surface area contributed by atoms with Gasteiger partial charge in [0.25, 0.3) is 5.91 Å². The van der Waals surface area contributed by atoms with Crippen molar-refractivity contribution in [1.82, 2.24) is 25.4 Å². The lowest BCUT2D eigenvalue weighted by molar-refractivity contribution is 0.0942. The summed E-state index contributed by atoms with van der Waals surface area (Å²) in [7, 11) is 0. The maximum atomic E-state index is 12.8. The molecule has 1 aromatic carbocycles. The number of hydrogen-bond donors (Lipinski definition) is 2. The summed E-state index contributed by atoms with van der Waals surface area (Å²) >= 11 is 0. The Hall–Kier alpha value is -3.32. The number of nitrogens with zero attached hydrogens (tertiary/aromatic N) is 4. The topological polar surface area (TPSA) is 86.3 Å². The van der Waals surface area contributed by atoms with Crippen molar-refractivity contribution >= 4 is 23.0 Å². The van der Waals surface area contributed by atoms with Crippen LogP contribution >= 0.6 is 0 Å². The first kappa shape index (κ1) is 19.6. The fraction of sp³-hybridized carbons (Fsp3) is 0.333. The number of hydrogen-bond acceptors (Lipinski definition) is 5. The zero-order chi connectivity index (χ0) is 21.0. The summed E-state index contributed by atoms with van der Waals surface area (Å²) in [5, 5.41) is 11.0. The Morgan fingerprint density at radius 2 is 2.03 bits per heavy atom. The Bertz CT molecular complexity index is 1140. The number of carbonyl (C=O) groups excluding carboxylic acids is 1. The molecule has 0 aliphatic carbocycles. The number of H-pyrrole nitrogens is 1. The molecule has 31 heavy (non-hydrogen) atoms. The molecule has 0 saturated carbocycles. The summed E-state index contributed by atoms with van der Waals surface area (Å²) in [5.41, 5.74) is 4.53. The van der Waals surface area contributed by atoms with E-state index in [2.05, 4.69) is 36.5 Å². The van der Waals surface area contributed by atoms with Crippen molar-refractivity contribution in [3.8, 4) is 11.1 Å². The average Bonchev–Trinajstić information content (AvgIpc) is 3.24. The third-order valence-electron chi connectivity index (χ3n) is 5.91. The van der Waals surface area contributed by atoms with Crippen LogP contribution in [0.3, 0.4) is 0 Å². The van der Waals surface area contributed by atoms with Crippen molar-refractivity contribution in [3.05, 3.63) is 60.1 Å². The molecule has 4 heterocycles. The number of dihydropyridines is 1. The SMILES string of the molecule is O=C(NC1C=CC=NC1)c1n[nH]c2ccc(-c3cncc(CN4CCCCC4)c3)cc12. The van der Waals surface area contributed by atoms with Crippen LogP contribution in [-0.2, 0) is 6.54 Å². The molecule has 7 heteroatoms. The summed E-state index contributed by atoms with van der Waals surface area (Å²) in [4.78, 5) is 24.0. The van der Waals surface area contributed by atoms with Crippen molar-refractivity contribution in [2.45, 2.75) is 31.8 Å². The van der Waals surface area contributed by atoms with Crippen molar-refractivity contribution in [1.29, 1.82) is 0 Å². The first-order chi connectivity index (χ1) is 15.3. The minimum absolute atomic E-state index is 0.108. The normalized spacial score (nSPS) is 19.0. The number of fused-ring (bicyclic) bond motifs is 1. The zero-order valence-corrected chi connectivity index (χ0v) is 17.4. The van der Waals surface area contributed by atoms with E-state index in [1.165, 1.54) is 24.8 Å². The van der Waals surface area contributed by atoms with Crippen LogP contribution in [0.25, 0.3) is 22.0 Å². The molecular weight excluding hydrogens is 388 g/mol. The Balaban J connectivity index is 1.38. The van der Waals surface area contributed by atoms with E-state index in [1.807, 2.05) is 42.7 Å². The zero-order valence-electron chi connectivity index (χ0n) is 17.4. The van der Waals surface area contributed by atoms with Gasteiger partial charge in [-0.25, -0.2) is 0 Å². The van der Waals surface area contributed by atoms with Crippen LogP contribution in [0.1, 0.15) is 35.3 Å². The number of allylic oxidation sites excluding steroid dienone is 1. The number of benzene rings is 1. The molecule has 1 fully saturated rings. The van der Waals surface area contributed by atoms with E-state index in [9.17, 15) is 4.79 Å². The Kier molecular flexibility index (Phi) is 5.58. The van der Waals surface area contributed by atoms with E-state index in [0.717, 1.165) is 41.7 Å². The molecule has 1 saturated heterocycles. The Labute approximate surface area is 181 Å². The highest BCUT2D eigenvalue weighted by atomic mass is 16.2. The van der Waals surface area contributed by atoms with E-state index >= 15 is 0 Å². The number of rotatable bonds is 5. The molecule has 1 atom stereocenters. The second-order valence-electron chi connectivity index (χ2n) is 8.23. The molecule has 0 bridgehead atoms. The maximum absolute atomic E-state index is 12.8. The number of amides is 1. The van der Waals surface area contributed by atoms with Crippen molar-refractivity contribution in [3.63, 3.8) is 0 Å². The molecular formula is C24H26N6O. The minimum atomic E-state index is -0.202. The Morgan fingerprint density at radius 1 is 1.13 bits per heavy atom. The third-order valence-corrected chi connectivity index (χ3v) is 5.91. The molecule has 2 aromatic heterocycles. The van der Waals surface area contributed by atoms with Crippen LogP contribution in [-0.4, -0.2) is 57.9 Å². The molecule has 5 rings (SSSR count). The molecule has 3 aromatic rings. The highest BCUT2D eigenvalue weighted by Gasteiger charge is 2.18. The van der Waals surface area contributed by atoms with Gasteiger partial charge < -0.3 is 5.32 Å². The van der Waals surface area contributed by atoms with Gasteiger partial charge in [-0.2, -0.15) is 5.10 Å². The van der Waals surface area contributed by atoms with Crippen molar-refractivity contribution < 1.29 is 4.79 Å². The molecule has 1 amide bonds. The highest BCUT2D eigenvalue weighted by molar-refractivity contribution is 6.05. The molecule has 2 N–H and O–H groups in total. The molecule has 7 nitrogen and oxygen atoms in total. The summed E-state index contributed by atoms with van der Waals surface area (Å²) in [6, 6.07) is 8.12. The number of likely N-dealkylation sites (tertiary alicyclic amines) is 1. The average molecular weight is 415 g/mol. The fourth-order valence-corrected chi connectivity index (χ4v) is 4.28. The molecule has 158 valence electrons. The van der Waals surface area contributed by atoms with Crippen LogP contribution in [0, 0.1) is 0 Å². The van der Waals surface area contributed by atoms with E-state index in [0.29, 0.717) is 12.2 Å². The number of pyridine rings is 1. The van der Waals surface area contributed by atoms with Gasteiger partial charge in [-0.1, -0.05) is 18.6 Å². The lowest BCUT2D eigenvalue weighted by atomic mass is 10.0. The predicted molar refractivity (Wildman–Crippen MR) is 122 cm³/mol. The Morgan fingerprint density at radius 3 is 2.87 bits per heavy atom. The maximum Gasteiger partial charge on any atom is 0.272 e. The van der Waals surface area contributed by atoms with E-state index < -0.39 is 0 Å². The monoisotopic (exact) mass is 414 g/mol. The van der Waals surface area contributed by atoms with Gasteiger partial charge in [0.2, 0.25) is 0 Å². The summed E-state index contributed by atoms with van der Waals surface area (Å²) in [6.45, 7) is 3.79. The largest absolute Gasteiger partial charge is 0.343 e. The first-order valence-corrected chi connectivity index (χ1v) is 10.9. The summed E-state index contributed by atoms with van der Waals surface area (Å²) < 4.78 is 0. The standard InChI is InChI=1S/C24H26N6O/c31-24(27-20-5-4-8-25-15-20)23-21-12-18(6-7-22(21)28-29-23)19-11-17(13-26-14-19)16-30-9-2-1-3-10-30/h4-8,11-14,20H,1-3,9-10,15-16H2,(H,27,31)(H,28,29). The first-order valence-electron chi connectivity index (χ1n) is 10.9. The number of aromatic amines is 1. The fourth-order valence-electron chi connectivity index (χ4n) is 4.28. The summed E-state index contributed by atoms with van der Waals surface area (Å²) in [5.74, 6) is -0.202. The highest BCUT2D eigenvalue weighted by Crippen LogP contribution is 2.26. The van der Waals surface area contributed by atoms with Gasteiger partial charge in [0.05, 0.1) is 18.1 Å². The van der Waals surface area contributed by atoms with Crippen LogP contribution in [0.15, 0.2) is 53.8 Å². The third kappa shape index (κ3) is 4.41. The van der Waals surface area contributed by atoms with Crippen molar-refractivity contribution in [2.24, 2.45) is 4.99 Å². The smallest absolute Gasteiger partial charge is 0.272 e. The van der Waals surface area contributed by atoms with Crippen LogP contribution in [0.4, 0.5) is 0 Å². The van der Waals surface area contributed by atoms with Crippen LogP contribution in [0.5, 0.6) is 0 Å². The van der Waals surface area contributed by atoms with Gasteiger partial charge in [0.1, 0.15) is 0 Å². The quantitative estimate of drug-likeness (QED) is 0.670. The van der Waals surface area contributed by atoms with E-state index in [4.69, 9.17) is 0 Å². The molecule has 2 aliphatic heterocycles. The molecule has 2 aliphatic rings. The van der Waals surface area contributed by atoms with Crippen molar-refractivity contribution in [2.75, 3.05) is 19.6 Å². The van der Waals surface area contributed by atoms with Gasteiger partial charge in [-0.3, -0.25) is 24.8 Å². The second kappa shape index (κ2) is 8.81. The molecule has 0 spiro atoms. The van der Waals surface area contributed by atoms with Crippen LogP contribution in [0.2, 0.25) is 0 Å². The number of nitrogens with one attached hydrogen (secondary N) is 2. The lowest BCUT2D eigenvalue weighted by Gasteiger charge is -2.26. The minimum Gasteiger partial charge on any atom is -0.343 e. The predicted octanol–water partition coefficient (Wildman–Crippen LogP) is 3.35. The number of carbonyl (C=O) groups is 1.